The standard InChI is InChI=1S/C14H18N4O2/c1-11(8-20-2)17-14(19)13-5-3-12(4-6-13)7-18-10-15-9-16-18/h3-6,9-11H,7-8H2,1-2H3,(H,17,19)/t11-/m0/s1. The summed E-state index contributed by atoms with van der Waals surface area (Å²) in [4.78, 5) is 15.9. The van der Waals surface area contributed by atoms with Gasteiger partial charge in [-0.1, -0.05) is 12.1 Å². The van der Waals surface area contributed by atoms with E-state index in [1.807, 2.05) is 19.1 Å². The largest absolute Gasteiger partial charge is 0.383 e. The topological polar surface area (TPSA) is 69.0 Å². The minimum atomic E-state index is -0.0955. The molecule has 0 fully saturated rings. The first kappa shape index (κ1) is 14.2. The van der Waals surface area contributed by atoms with Crippen molar-refractivity contribution in [2.45, 2.75) is 19.5 Å². The lowest BCUT2D eigenvalue weighted by molar-refractivity contribution is 0.0905. The molecular formula is C14H18N4O2. The zero-order valence-corrected chi connectivity index (χ0v) is 11.6. The zero-order chi connectivity index (χ0) is 14.4. The van der Waals surface area contributed by atoms with Gasteiger partial charge in [-0.15, -0.1) is 0 Å². The number of nitrogens with one attached hydrogen (secondary N) is 1. The maximum absolute atomic E-state index is 12.0. The molecule has 1 amide bonds. The van der Waals surface area contributed by atoms with Gasteiger partial charge in [-0.05, 0) is 24.6 Å². The lowest BCUT2D eigenvalue weighted by atomic mass is 10.1. The summed E-state index contributed by atoms with van der Waals surface area (Å²) in [5.74, 6) is -0.0955. The molecule has 20 heavy (non-hydrogen) atoms. The van der Waals surface area contributed by atoms with E-state index in [-0.39, 0.29) is 11.9 Å². The van der Waals surface area contributed by atoms with Gasteiger partial charge in [-0.2, -0.15) is 5.10 Å². The Morgan fingerprint density at radius 2 is 2.15 bits per heavy atom. The Morgan fingerprint density at radius 3 is 2.75 bits per heavy atom. The molecule has 2 aromatic rings. The molecule has 106 valence electrons. The SMILES string of the molecule is COC[C@H](C)NC(=O)c1ccc(Cn2cncn2)cc1. The number of amides is 1. The number of carbonyl (C=O) groups excluding carboxylic acids is 1. The highest BCUT2D eigenvalue weighted by Crippen LogP contribution is 2.06. The fourth-order valence-corrected chi connectivity index (χ4v) is 1.86. The van der Waals surface area contributed by atoms with E-state index in [0.29, 0.717) is 18.7 Å². The Balaban J connectivity index is 1.95. The van der Waals surface area contributed by atoms with Crippen molar-refractivity contribution in [1.82, 2.24) is 20.1 Å². The highest BCUT2D eigenvalue weighted by atomic mass is 16.5. The monoisotopic (exact) mass is 274 g/mol. The Labute approximate surface area is 117 Å². The molecule has 0 bridgehead atoms. The molecule has 1 heterocycles. The molecule has 1 atom stereocenters. The molecule has 0 aliphatic rings. The van der Waals surface area contributed by atoms with Gasteiger partial charge in [0.15, 0.2) is 0 Å². The number of methoxy groups -OCH3 is 1. The van der Waals surface area contributed by atoms with E-state index in [2.05, 4.69) is 15.4 Å². The highest BCUT2D eigenvalue weighted by molar-refractivity contribution is 5.94. The first-order valence-electron chi connectivity index (χ1n) is 6.40. The quantitative estimate of drug-likeness (QED) is 0.856. The first-order valence-corrected chi connectivity index (χ1v) is 6.40. The van der Waals surface area contributed by atoms with Crippen LogP contribution in [-0.4, -0.2) is 40.4 Å². The van der Waals surface area contributed by atoms with Gasteiger partial charge in [0.05, 0.1) is 13.2 Å². The highest BCUT2D eigenvalue weighted by Gasteiger charge is 2.09. The molecular weight excluding hydrogens is 256 g/mol. The van der Waals surface area contributed by atoms with Crippen molar-refractivity contribution in [3.8, 4) is 0 Å². The lowest BCUT2D eigenvalue weighted by Gasteiger charge is -2.12. The summed E-state index contributed by atoms with van der Waals surface area (Å²) >= 11 is 0. The van der Waals surface area contributed by atoms with Crippen LogP contribution in [-0.2, 0) is 11.3 Å². The number of nitrogens with zero attached hydrogens (tertiary/aromatic N) is 3. The summed E-state index contributed by atoms with van der Waals surface area (Å²) in [5.41, 5.74) is 1.70. The molecule has 0 aliphatic heterocycles. The van der Waals surface area contributed by atoms with Gasteiger partial charge in [0, 0.05) is 18.7 Å². The van der Waals surface area contributed by atoms with E-state index >= 15 is 0 Å². The molecule has 0 spiro atoms. The van der Waals surface area contributed by atoms with Crippen LogP contribution in [0.2, 0.25) is 0 Å². The predicted octanol–water partition coefficient (Wildman–Crippen LogP) is 1.09. The smallest absolute Gasteiger partial charge is 0.251 e. The van der Waals surface area contributed by atoms with Crippen LogP contribution in [0.15, 0.2) is 36.9 Å². The average Bonchev–Trinajstić information content (AvgIpc) is 2.92. The minimum absolute atomic E-state index is 0.0117. The number of hydrogen-bond donors (Lipinski definition) is 1. The number of carbonyl (C=O) groups is 1. The van der Waals surface area contributed by atoms with Crippen LogP contribution >= 0.6 is 0 Å². The van der Waals surface area contributed by atoms with Crippen LogP contribution in [0.1, 0.15) is 22.8 Å². The Bertz CT molecular complexity index is 537. The van der Waals surface area contributed by atoms with Crippen LogP contribution in [0, 0.1) is 0 Å². The molecule has 6 nitrogen and oxygen atoms in total. The molecule has 0 radical (unpaired) electrons. The Morgan fingerprint density at radius 1 is 1.40 bits per heavy atom. The lowest BCUT2D eigenvalue weighted by Crippen LogP contribution is -2.35. The maximum Gasteiger partial charge on any atom is 0.251 e. The third-order valence-corrected chi connectivity index (χ3v) is 2.82. The van der Waals surface area contributed by atoms with Crippen LogP contribution in [0.4, 0.5) is 0 Å². The fourth-order valence-electron chi connectivity index (χ4n) is 1.86. The third kappa shape index (κ3) is 3.89. The molecule has 1 aromatic heterocycles. The third-order valence-electron chi connectivity index (χ3n) is 2.82. The van der Waals surface area contributed by atoms with Gasteiger partial charge in [0.25, 0.3) is 5.91 Å². The molecule has 0 saturated carbocycles. The van der Waals surface area contributed by atoms with E-state index in [1.165, 1.54) is 6.33 Å². The number of aromatic nitrogens is 3. The van der Waals surface area contributed by atoms with Gasteiger partial charge in [-0.25, -0.2) is 9.67 Å². The van der Waals surface area contributed by atoms with Crippen molar-refractivity contribution in [3.05, 3.63) is 48.0 Å². The van der Waals surface area contributed by atoms with Crippen LogP contribution in [0.3, 0.4) is 0 Å². The summed E-state index contributed by atoms with van der Waals surface area (Å²) in [6.45, 7) is 3.04. The second-order valence-electron chi connectivity index (χ2n) is 4.62. The maximum atomic E-state index is 12.0. The van der Waals surface area contributed by atoms with Gasteiger partial charge in [0.2, 0.25) is 0 Å². The van der Waals surface area contributed by atoms with Crippen LogP contribution < -0.4 is 5.32 Å². The molecule has 6 heteroatoms. The van der Waals surface area contributed by atoms with Gasteiger partial charge in [0.1, 0.15) is 12.7 Å². The fraction of sp³-hybridized carbons (Fsp3) is 0.357. The van der Waals surface area contributed by atoms with Crippen LogP contribution in [0.5, 0.6) is 0 Å². The molecule has 1 N–H and O–H groups in total. The summed E-state index contributed by atoms with van der Waals surface area (Å²) in [6, 6.07) is 7.43. The van der Waals surface area contributed by atoms with Crippen molar-refractivity contribution in [2.24, 2.45) is 0 Å². The Hall–Kier alpha value is -2.21. The predicted molar refractivity (Wildman–Crippen MR) is 74.4 cm³/mol. The van der Waals surface area contributed by atoms with Gasteiger partial charge >= 0.3 is 0 Å². The zero-order valence-electron chi connectivity index (χ0n) is 11.6. The van der Waals surface area contributed by atoms with Crippen LogP contribution in [0.25, 0.3) is 0 Å². The van der Waals surface area contributed by atoms with Crippen molar-refractivity contribution in [3.63, 3.8) is 0 Å². The summed E-state index contributed by atoms with van der Waals surface area (Å²) in [6.07, 6.45) is 3.16. The van der Waals surface area contributed by atoms with E-state index in [4.69, 9.17) is 4.74 Å². The minimum Gasteiger partial charge on any atom is -0.383 e. The van der Waals surface area contributed by atoms with Crippen molar-refractivity contribution in [1.29, 1.82) is 0 Å². The van der Waals surface area contributed by atoms with E-state index < -0.39 is 0 Å². The van der Waals surface area contributed by atoms with Crippen molar-refractivity contribution >= 4 is 5.91 Å². The molecule has 2 rings (SSSR count). The molecule has 0 saturated heterocycles. The number of benzene rings is 1. The van der Waals surface area contributed by atoms with Crippen molar-refractivity contribution < 1.29 is 9.53 Å². The average molecular weight is 274 g/mol. The number of ether oxygens (including phenoxy) is 1. The summed E-state index contributed by atoms with van der Waals surface area (Å²) in [7, 11) is 1.61. The molecule has 1 aromatic carbocycles. The Kier molecular flexibility index (Phi) is 4.84. The summed E-state index contributed by atoms with van der Waals surface area (Å²) in [5, 5.41) is 6.91. The van der Waals surface area contributed by atoms with E-state index in [0.717, 1.165) is 5.56 Å². The summed E-state index contributed by atoms with van der Waals surface area (Å²) < 4.78 is 6.72. The van der Waals surface area contributed by atoms with Crippen molar-refractivity contribution in [2.75, 3.05) is 13.7 Å². The van der Waals surface area contributed by atoms with E-state index in [1.54, 1.807) is 30.3 Å². The number of hydrogen-bond acceptors (Lipinski definition) is 4. The molecule has 0 aliphatic carbocycles. The second kappa shape index (κ2) is 6.81. The van der Waals surface area contributed by atoms with Gasteiger partial charge < -0.3 is 10.1 Å². The first-order chi connectivity index (χ1) is 9.69. The second-order valence-corrected chi connectivity index (χ2v) is 4.62. The molecule has 0 unspecified atom stereocenters. The van der Waals surface area contributed by atoms with Gasteiger partial charge in [-0.3, -0.25) is 4.79 Å². The van der Waals surface area contributed by atoms with E-state index in [9.17, 15) is 4.79 Å². The normalized spacial score (nSPS) is 12.1. The number of rotatable bonds is 6.